The van der Waals surface area contributed by atoms with Crippen LogP contribution in [-0.2, 0) is 0 Å². The smallest absolute Gasteiger partial charge is 0.272 e. The first kappa shape index (κ1) is 15.7. The zero-order chi connectivity index (χ0) is 17.4. The summed E-state index contributed by atoms with van der Waals surface area (Å²) < 4.78 is 25.6. The second kappa shape index (κ2) is 6.23. The SMILES string of the molecule is O=[N+]([O-])c1ccc(N2CCC[C@H]2c2ccc3c(c2)OCCO3)c(F)c1. The van der Waals surface area contributed by atoms with E-state index in [-0.39, 0.29) is 11.7 Å². The fourth-order valence-electron chi connectivity index (χ4n) is 3.51. The highest BCUT2D eigenvalue weighted by Crippen LogP contribution is 2.41. The summed E-state index contributed by atoms with van der Waals surface area (Å²) in [6.07, 6.45) is 1.81. The Morgan fingerprint density at radius 1 is 1.12 bits per heavy atom. The summed E-state index contributed by atoms with van der Waals surface area (Å²) in [4.78, 5) is 12.2. The molecule has 0 unspecified atom stereocenters. The van der Waals surface area contributed by atoms with Crippen molar-refractivity contribution in [2.24, 2.45) is 0 Å². The van der Waals surface area contributed by atoms with Crippen molar-refractivity contribution in [3.8, 4) is 11.5 Å². The summed E-state index contributed by atoms with van der Waals surface area (Å²) in [7, 11) is 0. The summed E-state index contributed by atoms with van der Waals surface area (Å²) in [5.74, 6) is 0.861. The maximum Gasteiger partial charge on any atom is 0.272 e. The molecule has 1 fully saturated rings. The normalized spacial score (nSPS) is 19.1. The van der Waals surface area contributed by atoms with E-state index < -0.39 is 10.7 Å². The fraction of sp³-hybridized carbons (Fsp3) is 0.333. The van der Waals surface area contributed by atoms with E-state index in [1.165, 1.54) is 12.1 Å². The zero-order valence-electron chi connectivity index (χ0n) is 13.5. The van der Waals surface area contributed by atoms with Crippen LogP contribution < -0.4 is 14.4 Å². The third kappa shape index (κ3) is 2.86. The molecule has 0 aromatic heterocycles. The molecule has 0 saturated carbocycles. The van der Waals surface area contributed by atoms with Crippen molar-refractivity contribution in [3.05, 3.63) is 57.9 Å². The number of fused-ring (bicyclic) bond motifs is 1. The minimum Gasteiger partial charge on any atom is -0.486 e. The van der Waals surface area contributed by atoms with E-state index in [1.807, 2.05) is 23.1 Å². The average molecular weight is 344 g/mol. The van der Waals surface area contributed by atoms with E-state index in [2.05, 4.69) is 0 Å². The molecule has 0 bridgehead atoms. The van der Waals surface area contributed by atoms with E-state index >= 15 is 0 Å². The Labute approximate surface area is 143 Å². The summed E-state index contributed by atoms with van der Waals surface area (Å²) in [6.45, 7) is 1.76. The van der Waals surface area contributed by atoms with Gasteiger partial charge in [0, 0.05) is 12.6 Å². The topological polar surface area (TPSA) is 64.8 Å². The van der Waals surface area contributed by atoms with Gasteiger partial charge in [0.1, 0.15) is 13.2 Å². The first-order valence-corrected chi connectivity index (χ1v) is 8.23. The van der Waals surface area contributed by atoms with Gasteiger partial charge in [-0.15, -0.1) is 0 Å². The Balaban J connectivity index is 1.66. The molecule has 2 aliphatic rings. The van der Waals surface area contributed by atoms with Crippen LogP contribution in [0.1, 0.15) is 24.4 Å². The van der Waals surface area contributed by atoms with Crippen molar-refractivity contribution in [1.29, 1.82) is 0 Å². The van der Waals surface area contributed by atoms with Crippen LogP contribution in [0.25, 0.3) is 0 Å². The molecule has 1 atom stereocenters. The van der Waals surface area contributed by atoms with E-state index in [9.17, 15) is 14.5 Å². The first-order valence-electron chi connectivity index (χ1n) is 8.23. The van der Waals surface area contributed by atoms with Crippen LogP contribution in [0.5, 0.6) is 11.5 Å². The van der Waals surface area contributed by atoms with Crippen molar-refractivity contribution in [2.75, 3.05) is 24.7 Å². The molecule has 0 aliphatic carbocycles. The van der Waals surface area contributed by atoms with Crippen molar-refractivity contribution >= 4 is 11.4 Å². The molecule has 2 aromatic rings. The monoisotopic (exact) mass is 344 g/mol. The number of anilines is 1. The van der Waals surface area contributed by atoms with Crippen LogP contribution in [-0.4, -0.2) is 24.7 Å². The second-order valence-corrected chi connectivity index (χ2v) is 6.15. The number of halogens is 1. The lowest BCUT2D eigenvalue weighted by Gasteiger charge is -2.28. The highest BCUT2D eigenvalue weighted by molar-refractivity contribution is 5.56. The largest absolute Gasteiger partial charge is 0.486 e. The van der Waals surface area contributed by atoms with Gasteiger partial charge in [0.2, 0.25) is 0 Å². The van der Waals surface area contributed by atoms with Crippen LogP contribution in [0.3, 0.4) is 0 Å². The lowest BCUT2D eigenvalue weighted by Crippen LogP contribution is -2.24. The molecule has 2 heterocycles. The van der Waals surface area contributed by atoms with Crippen LogP contribution in [0.4, 0.5) is 15.8 Å². The molecule has 2 aromatic carbocycles. The molecule has 25 heavy (non-hydrogen) atoms. The third-order valence-electron chi connectivity index (χ3n) is 4.66. The van der Waals surface area contributed by atoms with Gasteiger partial charge in [0.05, 0.1) is 22.7 Å². The predicted octanol–water partition coefficient (Wildman–Crippen LogP) is 3.85. The standard InChI is InChI=1S/C18H17FN2O4/c19-14-11-13(21(22)23)4-5-16(14)20-7-1-2-15(20)12-3-6-17-18(10-12)25-9-8-24-17/h3-6,10-11,15H,1-2,7-9H2/t15-/m0/s1. The molecule has 0 spiro atoms. The maximum atomic E-state index is 14.4. The number of non-ortho nitro benzene ring substituents is 1. The third-order valence-corrected chi connectivity index (χ3v) is 4.66. The van der Waals surface area contributed by atoms with Crippen molar-refractivity contribution in [3.63, 3.8) is 0 Å². The molecule has 6 nitrogen and oxygen atoms in total. The molecular weight excluding hydrogens is 327 g/mol. The molecule has 0 amide bonds. The maximum absolute atomic E-state index is 14.4. The number of rotatable bonds is 3. The van der Waals surface area contributed by atoms with E-state index in [0.717, 1.165) is 30.2 Å². The molecular formula is C18H17FN2O4. The van der Waals surface area contributed by atoms with Crippen LogP contribution >= 0.6 is 0 Å². The van der Waals surface area contributed by atoms with Gasteiger partial charge in [-0.05, 0) is 36.6 Å². The molecule has 2 aliphatic heterocycles. The lowest BCUT2D eigenvalue weighted by molar-refractivity contribution is -0.385. The molecule has 4 rings (SSSR count). The van der Waals surface area contributed by atoms with Gasteiger partial charge >= 0.3 is 0 Å². The second-order valence-electron chi connectivity index (χ2n) is 6.15. The molecule has 7 heteroatoms. The van der Waals surface area contributed by atoms with E-state index in [4.69, 9.17) is 9.47 Å². The van der Waals surface area contributed by atoms with E-state index in [1.54, 1.807) is 0 Å². The lowest BCUT2D eigenvalue weighted by atomic mass is 10.0. The molecule has 1 saturated heterocycles. The molecule has 0 N–H and O–H groups in total. The van der Waals surface area contributed by atoms with Crippen LogP contribution in [0, 0.1) is 15.9 Å². The average Bonchev–Trinajstić information content (AvgIpc) is 3.10. The summed E-state index contributed by atoms with van der Waals surface area (Å²) in [5, 5.41) is 10.8. The van der Waals surface area contributed by atoms with Gasteiger partial charge in [-0.2, -0.15) is 0 Å². The number of hydrogen-bond donors (Lipinski definition) is 0. The Kier molecular flexibility index (Phi) is 3.91. The van der Waals surface area contributed by atoms with E-state index in [0.29, 0.717) is 31.2 Å². The van der Waals surface area contributed by atoms with Crippen LogP contribution in [0.2, 0.25) is 0 Å². The number of benzene rings is 2. The number of ether oxygens (including phenoxy) is 2. The highest BCUT2D eigenvalue weighted by Gasteiger charge is 2.29. The molecule has 0 radical (unpaired) electrons. The fourth-order valence-corrected chi connectivity index (χ4v) is 3.51. The van der Waals surface area contributed by atoms with Gasteiger partial charge in [-0.1, -0.05) is 6.07 Å². The number of nitrogens with zero attached hydrogens (tertiary/aromatic N) is 2. The molecule has 130 valence electrons. The summed E-state index contributed by atoms with van der Waals surface area (Å²) in [6, 6.07) is 9.62. The summed E-state index contributed by atoms with van der Waals surface area (Å²) >= 11 is 0. The Bertz CT molecular complexity index is 827. The quantitative estimate of drug-likeness (QED) is 0.625. The van der Waals surface area contributed by atoms with Crippen molar-refractivity contribution < 1.29 is 18.8 Å². The minimum atomic E-state index is -0.588. The van der Waals surface area contributed by atoms with Crippen molar-refractivity contribution in [2.45, 2.75) is 18.9 Å². The number of hydrogen-bond acceptors (Lipinski definition) is 5. The Hall–Kier alpha value is -2.83. The Morgan fingerprint density at radius 2 is 1.92 bits per heavy atom. The number of nitro benzene ring substituents is 1. The van der Waals surface area contributed by atoms with Crippen molar-refractivity contribution in [1.82, 2.24) is 0 Å². The van der Waals surface area contributed by atoms with Gasteiger partial charge in [-0.25, -0.2) is 4.39 Å². The Morgan fingerprint density at radius 3 is 2.68 bits per heavy atom. The van der Waals surface area contributed by atoms with Gasteiger partial charge in [0.15, 0.2) is 17.3 Å². The summed E-state index contributed by atoms with van der Waals surface area (Å²) in [5.41, 5.74) is 1.18. The highest BCUT2D eigenvalue weighted by atomic mass is 19.1. The van der Waals surface area contributed by atoms with Gasteiger partial charge in [-0.3, -0.25) is 10.1 Å². The van der Waals surface area contributed by atoms with Gasteiger partial charge < -0.3 is 14.4 Å². The van der Waals surface area contributed by atoms with Crippen LogP contribution in [0.15, 0.2) is 36.4 Å². The zero-order valence-corrected chi connectivity index (χ0v) is 13.5. The number of nitro groups is 1. The predicted molar refractivity (Wildman–Crippen MR) is 89.8 cm³/mol. The first-order chi connectivity index (χ1) is 12.1. The minimum absolute atomic E-state index is 0.00628. The van der Waals surface area contributed by atoms with Gasteiger partial charge in [0.25, 0.3) is 5.69 Å².